The normalized spacial score (nSPS) is 15.6. The van der Waals surface area contributed by atoms with Gasteiger partial charge in [0, 0.05) is 41.1 Å². The van der Waals surface area contributed by atoms with Crippen LogP contribution in [0.4, 0.5) is 24.5 Å². The number of carbonyl (C=O) groups is 1. The van der Waals surface area contributed by atoms with Crippen molar-refractivity contribution in [1.82, 2.24) is 4.90 Å². The summed E-state index contributed by atoms with van der Waals surface area (Å²) in [5.74, 6) is -0.0938. The smallest absolute Gasteiger partial charge is 0.369 e. The fourth-order valence-corrected chi connectivity index (χ4v) is 3.34. The van der Waals surface area contributed by atoms with Gasteiger partial charge in [0.2, 0.25) is 5.91 Å². The van der Waals surface area contributed by atoms with Crippen molar-refractivity contribution in [2.24, 2.45) is 0 Å². The Morgan fingerprint density at radius 2 is 1.70 bits per heavy atom. The standard InChI is InChI=1S/C19H19F3IN3O/c20-19(21,22)14-2-1-3-17(12-14)26-10-8-25(9-11-26)13-18(27)24-16-6-4-15(23)5-7-16/h1-7,12H,8-11,13H2,(H,24,27). The van der Waals surface area contributed by atoms with Crippen LogP contribution in [0.2, 0.25) is 0 Å². The van der Waals surface area contributed by atoms with Crippen LogP contribution < -0.4 is 10.2 Å². The number of amides is 1. The average molecular weight is 489 g/mol. The second kappa shape index (κ2) is 8.47. The number of benzene rings is 2. The maximum Gasteiger partial charge on any atom is 0.416 e. The van der Waals surface area contributed by atoms with Crippen molar-refractivity contribution in [3.05, 3.63) is 57.7 Å². The summed E-state index contributed by atoms with van der Waals surface area (Å²) in [6, 6.07) is 12.9. The number of piperazine rings is 1. The summed E-state index contributed by atoms with van der Waals surface area (Å²) < 4.78 is 39.7. The highest BCUT2D eigenvalue weighted by Crippen LogP contribution is 2.31. The number of rotatable bonds is 4. The Morgan fingerprint density at radius 1 is 1.04 bits per heavy atom. The summed E-state index contributed by atoms with van der Waals surface area (Å²) in [6.45, 7) is 2.67. The molecule has 4 nitrogen and oxygen atoms in total. The number of nitrogens with one attached hydrogen (secondary N) is 1. The zero-order valence-corrected chi connectivity index (χ0v) is 16.6. The van der Waals surface area contributed by atoms with E-state index < -0.39 is 11.7 Å². The van der Waals surface area contributed by atoms with E-state index in [9.17, 15) is 18.0 Å². The summed E-state index contributed by atoms with van der Waals surface area (Å²) in [7, 11) is 0. The molecular formula is C19H19F3IN3O. The molecule has 0 unspecified atom stereocenters. The molecule has 1 N–H and O–H groups in total. The van der Waals surface area contributed by atoms with Gasteiger partial charge in [0.05, 0.1) is 12.1 Å². The third kappa shape index (κ3) is 5.58. The van der Waals surface area contributed by atoms with E-state index in [1.54, 1.807) is 6.07 Å². The van der Waals surface area contributed by atoms with Crippen LogP contribution in [-0.4, -0.2) is 43.5 Å². The monoisotopic (exact) mass is 489 g/mol. The molecule has 0 spiro atoms. The molecule has 0 saturated carbocycles. The zero-order valence-electron chi connectivity index (χ0n) is 14.5. The first-order valence-corrected chi connectivity index (χ1v) is 9.59. The molecule has 1 aliphatic heterocycles. The molecule has 0 radical (unpaired) electrons. The van der Waals surface area contributed by atoms with E-state index in [-0.39, 0.29) is 12.5 Å². The topological polar surface area (TPSA) is 35.6 Å². The molecule has 0 aliphatic carbocycles. The van der Waals surface area contributed by atoms with Crippen molar-refractivity contribution in [1.29, 1.82) is 0 Å². The Hall–Kier alpha value is -1.81. The Bertz CT molecular complexity index is 788. The highest BCUT2D eigenvalue weighted by atomic mass is 127. The lowest BCUT2D eigenvalue weighted by molar-refractivity contribution is -0.137. The van der Waals surface area contributed by atoms with E-state index in [1.807, 2.05) is 34.1 Å². The Kier molecular flexibility index (Phi) is 6.25. The fourth-order valence-electron chi connectivity index (χ4n) is 2.98. The minimum Gasteiger partial charge on any atom is -0.369 e. The second-order valence-electron chi connectivity index (χ2n) is 6.37. The SMILES string of the molecule is O=C(CN1CCN(c2cccc(C(F)(F)F)c2)CC1)Nc1ccc(I)cc1. The number of carbonyl (C=O) groups excluding carboxylic acids is 1. The molecule has 8 heteroatoms. The van der Waals surface area contributed by atoms with Crippen molar-refractivity contribution >= 4 is 39.9 Å². The molecular weight excluding hydrogens is 470 g/mol. The molecule has 1 saturated heterocycles. The van der Waals surface area contributed by atoms with Gasteiger partial charge in [-0.15, -0.1) is 0 Å². The van der Waals surface area contributed by atoms with Crippen molar-refractivity contribution in [3.8, 4) is 0 Å². The maximum absolute atomic E-state index is 12.9. The van der Waals surface area contributed by atoms with E-state index in [0.717, 1.165) is 15.3 Å². The predicted molar refractivity (Wildman–Crippen MR) is 108 cm³/mol. The minimum absolute atomic E-state index is 0.0938. The molecule has 2 aromatic carbocycles. The summed E-state index contributed by atoms with van der Waals surface area (Å²) >= 11 is 2.20. The lowest BCUT2D eigenvalue weighted by Gasteiger charge is -2.36. The van der Waals surface area contributed by atoms with Crippen LogP contribution in [0.5, 0.6) is 0 Å². The van der Waals surface area contributed by atoms with E-state index in [1.165, 1.54) is 12.1 Å². The van der Waals surface area contributed by atoms with Crippen molar-refractivity contribution in [2.75, 3.05) is 42.9 Å². The number of hydrogen-bond donors (Lipinski definition) is 1. The molecule has 1 amide bonds. The van der Waals surface area contributed by atoms with Gasteiger partial charge in [0.15, 0.2) is 0 Å². The van der Waals surface area contributed by atoms with E-state index in [2.05, 4.69) is 27.9 Å². The molecule has 3 rings (SSSR count). The van der Waals surface area contributed by atoms with Crippen molar-refractivity contribution in [3.63, 3.8) is 0 Å². The third-order valence-corrected chi connectivity index (χ3v) is 5.13. The highest BCUT2D eigenvalue weighted by molar-refractivity contribution is 14.1. The van der Waals surface area contributed by atoms with Crippen LogP contribution in [0, 0.1) is 3.57 Å². The largest absolute Gasteiger partial charge is 0.416 e. The third-order valence-electron chi connectivity index (χ3n) is 4.41. The first-order chi connectivity index (χ1) is 12.8. The summed E-state index contributed by atoms with van der Waals surface area (Å²) in [5, 5.41) is 2.86. The molecule has 144 valence electrons. The molecule has 1 heterocycles. The predicted octanol–water partition coefficient (Wildman–Crippen LogP) is 4.07. The number of halogens is 4. The Morgan fingerprint density at radius 3 is 2.33 bits per heavy atom. The van der Waals surface area contributed by atoms with Crippen LogP contribution in [0.3, 0.4) is 0 Å². The van der Waals surface area contributed by atoms with Gasteiger partial charge in [0.25, 0.3) is 0 Å². The lowest BCUT2D eigenvalue weighted by Crippen LogP contribution is -2.48. The molecule has 1 aliphatic rings. The summed E-state index contributed by atoms with van der Waals surface area (Å²) in [6.07, 6.45) is -4.34. The van der Waals surface area contributed by atoms with Gasteiger partial charge in [0.1, 0.15) is 0 Å². The summed E-state index contributed by atoms with van der Waals surface area (Å²) in [5.41, 5.74) is 0.676. The second-order valence-corrected chi connectivity index (χ2v) is 7.61. The quantitative estimate of drug-likeness (QED) is 0.659. The van der Waals surface area contributed by atoms with E-state index in [4.69, 9.17) is 0 Å². The number of nitrogens with zero attached hydrogens (tertiary/aromatic N) is 2. The fraction of sp³-hybridized carbons (Fsp3) is 0.316. The number of alkyl halides is 3. The molecule has 0 bridgehead atoms. The van der Waals surface area contributed by atoms with Gasteiger partial charge < -0.3 is 10.2 Å². The van der Waals surface area contributed by atoms with E-state index >= 15 is 0 Å². The van der Waals surface area contributed by atoms with E-state index in [0.29, 0.717) is 31.9 Å². The van der Waals surface area contributed by atoms with Crippen LogP contribution in [0.1, 0.15) is 5.56 Å². The first-order valence-electron chi connectivity index (χ1n) is 8.51. The molecule has 1 fully saturated rings. The van der Waals surface area contributed by atoms with Gasteiger partial charge in [-0.05, 0) is 65.1 Å². The molecule has 2 aromatic rings. The highest BCUT2D eigenvalue weighted by Gasteiger charge is 2.31. The van der Waals surface area contributed by atoms with Gasteiger partial charge in [-0.3, -0.25) is 9.69 Å². The zero-order chi connectivity index (χ0) is 19.4. The van der Waals surface area contributed by atoms with Gasteiger partial charge in [-0.25, -0.2) is 0 Å². The Balaban J connectivity index is 1.51. The van der Waals surface area contributed by atoms with Crippen LogP contribution in [-0.2, 0) is 11.0 Å². The summed E-state index contributed by atoms with van der Waals surface area (Å²) in [4.78, 5) is 16.1. The first kappa shape index (κ1) is 19.9. The Labute approximate surface area is 169 Å². The molecule has 0 atom stereocenters. The number of anilines is 2. The van der Waals surface area contributed by atoms with Gasteiger partial charge in [-0.1, -0.05) is 6.07 Å². The lowest BCUT2D eigenvalue weighted by atomic mass is 10.1. The average Bonchev–Trinajstić information content (AvgIpc) is 2.64. The van der Waals surface area contributed by atoms with Crippen LogP contribution in [0.25, 0.3) is 0 Å². The molecule has 27 heavy (non-hydrogen) atoms. The van der Waals surface area contributed by atoms with Gasteiger partial charge in [-0.2, -0.15) is 13.2 Å². The van der Waals surface area contributed by atoms with Crippen molar-refractivity contribution in [2.45, 2.75) is 6.18 Å². The van der Waals surface area contributed by atoms with Crippen LogP contribution in [0.15, 0.2) is 48.5 Å². The number of hydrogen-bond acceptors (Lipinski definition) is 3. The van der Waals surface area contributed by atoms with Crippen LogP contribution >= 0.6 is 22.6 Å². The maximum atomic E-state index is 12.9. The minimum atomic E-state index is -4.34. The van der Waals surface area contributed by atoms with Gasteiger partial charge >= 0.3 is 6.18 Å². The molecule has 0 aromatic heterocycles. The van der Waals surface area contributed by atoms with Crippen molar-refractivity contribution < 1.29 is 18.0 Å².